The van der Waals surface area contributed by atoms with Gasteiger partial charge in [0.05, 0.1) is 16.6 Å². The monoisotopic (exact) mass is 361 g/mol. The van der Waals surface area contributed by atoms with Crippen LogP contribution < -0.4 is 16.0 Å². The van der Waals surface area contributed by atoms with Gasteiger partial charge in [-0.05, 0) is 64.3 Å². The fraction of sp³-hybridized carbons (Fsp3) is 0.684. The van der Waals surface area contributed by atoms with E-state index in [4.69, 9.17) is 9.15 Å². The van der Waals surface area contributed by atoms with E-state index < -0.39 is 16.6 Å². The largest absolute Gasteiger partial charge is 0.456 e. The van der Waals surface area contributed by atoms with E-state index in [1.54, 1.807) is 13.1 Å². The molecule has 142 valence electrons. The Hall–Kier alpha value is -1.86. The summed E-state index contributed by atoms with van der Waals surface area (Å²) in [7, 11) is 1.69. The van der Waals surface area contributed by atoms with E-state index in [0.29, 0.717) is 25.1 Å². The lowest BCUT2D eigenvalue weighted by Crippen LogP contribution is -2.61. The van der Waals surface area contributed by atoms with Crippen LogP contribution in [0.15, 0.2) is 10.5 Å². The third kappa shape index (κ3) is 2.33. The second-order valence-electron chi connectivity index (χ2n) is 8.08. The smallest absolute Gasteiger partial charge is 0.287 e. The van der Waals surface area contributed by atoms with E-state index in [-0.39, 0.29) is 11.8 Å². The lowest BCUT2D eigenvalue weighted by atomic mass is 9.53. The molecule has 0 atom stereocenters. The van der Waals surface area contributed by atoms with Crippen molar-refractivity contribution in [2.75, 3.05) is 26.7 Å². The number of rotatable bonds is 4. The first kappa shape index (κ1) is 17.5. The number of furan rings is 1. The van der Waals surface area contributed by atoms with Crippen molar-refractivity contribution in [3.8, 4) is 0 Å². The molecule has 3 saturated heterocycles. The normalized spacial score (nSPS) is 31.5. The summed E-state index contributed by atoms with van der Waals surface area (Å²) in [5.41, 5.74) is -0.370. The number of aryl methyl sites for hydroxylation is 2. The molecular weight excluding hydrogens is 334 g/mol. The molecule has 1 aliphatic carbocycles. The Morgan fingerprint density at radius 1 is 1.23 bits per heavy atom. The van der Waals surface area contributed by atoms with Gasteiger partial charge in [-0.2, -0.15) is 0 Å². The van der Waals surface area contributed by atoms with Crippen molar-refractivity contribution >= 4 is 11.8 Å². The Morgan fingerprint density at radius 3 is 2.50 bits per heavy atom. The van der Waals surface area contributed by atoms with Gasteiger partial charge in [0.1, 0.15) is 5.76 Å². The molecule has 4 aliphatic rings. The highest BCUT2D eigenvalue weighted by Crippen LogP contribution is 2.68. The molecule has 1 saturated carbocycles. The topological polar surface area (TPSA) is 92.6 Å². The number of carbonyl (C=O) groups is 2. The van der Waals surface area contributed by atoms with Crippen LogP contribution in [0.1, 0.15) is 47.6 Å². The number of carbonyl (C=O) groups excluding carboxylic acids is 2. The lowest BCUT2D eigenvalue weighted by molar-refractivity contribution is -0.140. The summed E-state index contributed by atoms with van der Waals surface area (Å²) in [6.07, 6.45) is 2.98. The van der Waals surface area contributed by atoms with Crippen LogP contribution in [0.2, 0.25) is 0 Å². The highest BCUT2D eigenvalue weighted by atomic mass is 16.5. The summed E-state index contributed by atoms with van der Waals surface area (Å²) in [5.74, 6) is 0.906. The first-order valence-corrected chi connectivity index (χ1v) is 9.34. The molecule has 5 rings (SSSR count). The second kappa shape index (κ2) is 5.82. The maximum atomic E-state index is 12.7. The molecule has 26 heavy (non-hydrogen) atoms. The minimum absolute atomic E-state index is 0.0659. The van der Waals surface area contributed by atoms with E-state index in [2.05, 4.69) is 16.0 Å². The first-order chi connectivity index (χ1) is 12.4. The molecule has 7 nitrogen and oxygen atoms in total. The zero-order valence-corrected chi connectivity index (χ0v) is 15.7. The molecule has 7 heteroatoms. The fourth-order valence-electron chi connectivity index (χ4n) is 5.15. The number of nitrogens with one attached hydrogen (secondary N) is 3. The molecule has 1 spiro atoms. The molecular formula is C19H27N3O4. The maximum Gasteiger partial charge on any atom is 0.287 e. The Kier molecular flexibility index (Phi) is 3.93. The van der Waals surface area contributed by atoms with E-state index in [1.807, 2.05) is 13.8 Å². The summed E-state index contributed by atoms with van der Waals surface area (Å²) in [6.45, 7) is 5.87. The van der Waals surface area contributed by atoms with Gasteiger partial charge in [0.25, 0.3) is 5.91 Å². The molecule has 3 aliphatic heterocycles. The predicted octanol–water partition coefficient (Wildman–Crippen LogP) is 1.04. The van der Waals surface area contributed by atoms with Crippen molar-refractivity contribution in [1.29, 1.82) is 0 Å². The highest BCUT2D eigenvalue weighted by molar-refractivity contribution is 5.92. The van der Waals surface area contributed by atoms with Crippen molar-refractivity contribution < 1.29 is 18.7 Å². The molecule has 4 heterocycles. The number of ether oxygens (including phenoxy) is 1. The Labute approximate surface area is 153 Å². The summed E-state index contributed by atoms with van der Waals surface area (Å²) < 4.78 is 12.0. The van der Waals surface area contributed by atoms with Crippen LogP contribution >= 0.6 is 0 Å². The van der Waals surface area contributed by atoms with Crippen LogP contribution in [0.5, 0.6) is 0 Å². The zero-order valence-electron chi connectivity index (χ0n) is 15.7. The summed E-state index contributed by atoms with van der Waals surface area (Å²) in [5, 5.41) is 9.13. The van der Waals surface area contributed by atoms with Crippen LogP contribution in [0, 0.1) is 19.3 Å². The molecule has 0 unspecified atom stereocenters. The molecule has 1 aromatic heterocycles. The minimum atomic E-state index is -0.466. The third-order valence-corrected chi connectivity index (χ3v) is 6.57. The van der Waals surface area contributed by atoms with Gasteiger partial charge in [-0.1, -0.05) is 0 Å². The fourth-order valence-corrected chi connectivity index (χ4v) is 5.15. The number of hydrogen-bond donors (Lipinski definition) is 3. The van der Waals surface area contributed by atoms with Crippen LogP contribution in [0.4, 0.5) is 0 Å². The molecule has 0 aromatic carbocycles. The quantitative estimate of drug-likeness (QED) is 0.745. The number of hydrogen-bond acceptors (Lipinski definition) is 5. The zero-order chi connectivity index (χ0) is 18.6. The van der Waals surface area contributed by atoms with Crippen LogP contribution in [0.25, 0.3) is 0 Å². The first-order valence-electron chi connectivity index (χ1n) is 9.34. The Bertz CT molecular complexity index is 722. The van der Waals surface area contributed by atoms with Gasteiger partial charge < -0.3 is 25.1 Å². The van der Waals surface area contributed by atoms with E-state index in [9.17, 15) is 9.59 Å². The van der Waals surface area contributed by atoms with Crippen molar-refractivity contribution in [3.63, 3.8) is 0 Å². The van der Waals surface area contributed by atoms with Crippen molar-refractivity contribution in [2.24, 2.45) is 5.41 Å². The molecule has 0 radical (unpaired) electrons. The number of amides is 2. The molecule has 1 aromatic rings. The average molecular weight is 361 g/mol. The van der Waals surface area contributed by atoms with Crippen LogP contribution in [-0.4, -0.2) is 49.7 Å². The van der Waals surface area contributed by atoms with Crippen molar-refractivity contribution in [1.82, 2.24) is 16.0 Å². The van der Waals surface area contributed by atoms with E-state index in [1.165, 1.54) is 0 Å². The van der Waals surface area contributed by atoms with Gasteiger partial charge in [-0.3, -0.25) is 9.59 Å². The summed E-state index contributed by atoms with van der Waals surface area (Å²) in [6, 6.07) is 1.75. The predicted molar refractivity (Wildman–Crippen MR) is 94.9 cm³/mol. The van der Waals surface area contributed by atoms with Gasteiger partial charge in [0, 0.05) is 13.6 Å². The standard InChI is InChI=1S/C19H27N3O4/c1-12-8-14(25-13(12)2)15(23)22-11-17-9-18(10-17,16(24)20-3)19(26-17)4-6-21-7-5-19/h8,21H,4-7,9-11H2,1-3H3,(H,20,24)(H,22,23). The van der Waals surface area contributed by atoms with Gasteiger partial charge in [-0.25, -0.2) is 0 Å². The molecule has 2 bridgehead atoms. The van der Waals surface area contributed by atoms with Gasteiger partial charge in [0.2, 0.25) is 5.91 Å². The Balaban J connectivity index is 1.48. The average Bonchev–Trinajstić information content (AvgIpc) is 3.17. The molecule has 3 N–H and O–H groups in total. The maximum absolute atomic E-state index is 12.7. The highest BCUT2D eigenvalue weighted by Gasteiger charge is 2.77. The van der Waals surface area contributed by atoms with E-state index >= 15 is 0 Å². The second-order valence-corrected chi connectivity index (χ2v) is 8.08. The van der Waals surface area contributed by atoms with Gasteiger partial charge >= 0.3 is 0 Å². The van der Waals surface area contributed by atoms with Gasteiger partial charge in [-0.15, -0.1) is 0 Å². The van der Waals surface area contributed by atoms with Crippen LogP contribution in [-0.2, 0) is 9.53 Å². The molecule has 2 amide bonds. The Morgan fingerprint density at radius 2 is 1.92 bits per heavy atom. The van der Waals surface area contributed by atoms with Crippen LogP contribution in [0.3, 0.4) is 0 Å². The minimum Gasteiger partial charge on any atom is -0.456 e. The molecule has 4 fully saturated rings. The van der Waals surface area contributed by atoms with Crippen molar-refractivity contribution in [3.05, 3.63) is 23.2 Å². The van der Waals surface area contributed by atoms with E-state index in [0.717, 1.165) is 37.3 Å². The summed E-state index contributed by atoms with van der Waals surface area (Å²) in [4.78, 5) is 25.1. The lowest BCUT2D eigenvalue weighted by Gasteiger charge is -2.47. The van der Waals surface area contributed by atoms with Gasteiger partial charge in [0.15, 0.2) is 5.76 Å². The number of piperidine rings is 1. The van der Waals surface area contributed by atoms with Crippen molar-refractivity contribution in [2.45, 2.75) is 50.7 Å². The summed E-state index contributed by atoms with van der Waals surface area (Å²) >= 11 is 0. The SMILES string of the molecule is CNC(=O)C12CC(CNC(=O)c3cc(C)c(C)o3)(C1)OC21CCNCC1. The third-order valence-electron chi connectivity index (χ3n) is 6.57.